The number of aryl methyl sites for hydroxylation is 3. The second-order valence-electron chi connectivity index (χ2n) is 10.1. The lowest BCUT2D eigenvalue weighted by Crippen LogP contribution is -2.42. The van der Waals surface area contributed by atoms with Crippen molar-refractivity contribution < 1.29 is 9.59 Å². The van der Waals surface area contributed by atoms with Crippen LogP contribution in [0.1, 0.15) is 62.3 Å². The molecule has 0 saturated carbocycles. The van der Waals surface area contributed by atoms with E-state index in [1.807, 2.05) is 42.5 Å². The molecule has 2 aromatic rings. The van der Waals surface area contributed by atoms with E-state index in [1.165, 1.54) is 16.0 Å². The van der Waals surface area contributed by atoms with Crippen molar-refractivity contribution in [2.24, 2.45) is 11.8 Å². The summed E-state index contributed by atoms with van der Waals surface area (Å²) < 4.78 is 0. The molecule has 0 bridgehead atoms. The molecular formula is C29H36N2O2. The summed E-state index contributed by atoms with van der Waals surface area (Å²) in [5.74, 6) is 0.551. The van der Waals surface area contributed by atoms with E-state index < -0.39 is 0 Å². The van der Waals surface area contributed by atoms with Crippen LogP contribution in [-0.2, 0) is 16.0 Å². The number of likely N-dealkylation sites (tertiary alicyclic amines) is 1. The number of carbonyl (C=O) groups is 2. The van der Waals surface area contributed by atoms with E-state index in [1.54, 1.807) is 0 Å². The van der Waals surface area contributed by atoms with Gasteiger partial charge in [-0.15, -0.1) is 0 Å². The quantitative estimate of drug-likeness (QED) is 0.520. The lowest BCUT2D eigenvalue weighted by Gasteiger charge is -2.37. The van der Waals surface area contributed by atoms with Crippen LogP contribution in [0.2, 0.25) is 0 Å². The molecule has 33 heavy (non-hydrogen) atoms. The Bertz CT molecular complexity index is 1070. The monoisotopic (exact) mass is 444 g/mol. The molecule has 2 atom stereocenters. The Kier molecular flexibility index (Phi) is 6.73. The van der Waals surface area contributed by atoms with Crippen molar-refractivity contribution in [3.8, 4) is 0 Å². The van der Waals surface area contributed by atoms with Crippen LogP contribution in [0.5, 0.6) is 0 Å². The number of amides is 2. The molecule has 0 radical (unpaired) electrons. The summed E-state index contributed by atoms with van der Waals surface area (Å²) in [5.41, 5.74) is 6.13. The van der Waals surface area contributed by atoms with Crippen LogP contribution >= 0.6 is 0 Å². The second kappa shape index (κ2) is 9.54. The van der Waals surface area contributed by atoms with Crippen LogP contribution in [0.3, 0.4) is 0 Å². The third-order valence-electron chi connectivity index (χ3n) is 7.05. The normalized spacial score (nSPS) is 21.4. The van der Waals surface area contributed by atoms with E-state index in [2.05, 4.69) is 39.5 Å². The number of hydrogen-bond acceptors (Lipinski definition) is 3. The van der Waals surface area contributed by atoms with Crippen molar-refractivity contribution in [3.05, 3.63) is 70.4 Å². The molecule has 2 heterocycles. The van der Waals surface area contributed by atoms with Crippen LogP contribution in [-0.4, -0.2) is 29.8 Å². The fourth-order valence-corrected chi connectivity index (χ4v) is 5.24. The van der Waals surface area contributed by atoms with Crippen LogP contribution in [0.4, 0.5) is 5.69 Å². The number of rotatable bonds is 6. The van der Waals surface area contributed by atoms with Crippen molar-refractivity contribution >= 4 is 23.1 Å². The van der Waals surface area contributed by atoms with Gasteiger partial charge in [0.05, 0.1) is 11.3 Å². The fourth-order valence-electron chi connectivity index (χ4n) is 5.24. The molecule has 0 spiro atoms. The third kappa shape index (κ3) is 4.62. The van der Waals surface area contributed by atoms with E-state index in [4.69, 9.17) is 0 Å². The van der Waals surface area contributed by atoms with Gasteiger partial charge in [0.2, 0.25) is 0 Å². The maximum Gasteiger partial charge on any atom is 0.282 e. The van der Waals surface area contributed by atoms with Crippen molar-refractivity contribution in [2.75, 3.05) is 18.0 Å². The largest absolute Gasteiger partial charge is 0.366 e. The second-order valence-corrected chi connectivity index (χ2v) is 10.1. The van der Waals surface area contributed by atoms with Crippen LogP contribution < -0.4 is 4.90 Å². The average molecular weight is 445 g/mol. The van der Waals surface area contributed by atoms with Gasteiger partial charge in [-0.1, -0.05) is 57.5 Å². The van der Waals surface area contributed by atoms with Gasteiger partial charge in [-0.2, -0.15) is 0 Å². The van der Waals surface area contributed by atoms with Gasteiger partial charge < -0.3 is 4.90 Å². The molecule has 0 aliphatic carbocycles. The zero-order valence-corrected chi connectivity index (χ0v) is 20.6. The van der Waals surface area contributed by atoms with Crippen molar-refractivity contribution in [1.82, 2.24) is 4.90 Å². The molecule has 0 N–H and O–H groups in total. The maximum atomic E-state index is 13.8. The first-order chi connectivity index (χ1) is 15.8. The number of piperidine rings is 1. The first kappa shape index (κ1) is 23.3. The van der Waals surface area contributed by atoms with Crippen LogP contribution in [0.15, 0.2) is 48.2 Å². The molecule has 1 saturated heterocycles. The number of imide groups is 1. The van der Waals surface area contributed by atoms with Gasteiger partial charge in [0, 0.05) is 13.1 Å². The topological polar surface area (TPSA) is 40.6 Å². The number of carbonyl (C=O) groups excluding carboxylic acids is 2. The Morgan fingerprint density at radius 2 is 1.55 bits per heavy atom. The Morgan fingerprint density at radius 3 is 2.15 bits per heavy atom. The predicted octanol–water partition coefficient (Wildman–Crippen LogP) is 5.91. The van der Waals surface area contributed by atoms with Crippen molar-refractivity contribution in [2.45, 2.75) is 60.3 Å². The smallest absolute Gasteiger partial charge is 0.282 e. The van der Waals surface area contributed by atoms with E-state index in [-0.39, 0.29) is 11.8 Å². The van der Waals surface area contributed by atoms with Gasteiger partial charge in [0.15, 0.2) is 0 Å². The molecule has 4 nitrogen and oxygen atoms in total. The molecule has 2 aliphatic rings. The average Bonchev–Trinajstić information content (AvgIpc) is 3.04. The number of benzene rings is 2. The van der Waals surface area contributed by atoms with Gasteiger partial charge in [0.25, 0.3) is 11.8 Å². The van der Waals surface area contributed by atoms with E-state index in [9.17, 15) is 9.59 Å². The highest BCUT2D eigenvalue weighted by molar-refractivity contribution is 6.45. The van der Waals surface area contributed by atoms with Crippen molar-refractivity contribution in [3.63, 3.8) is 0 Å². The number of nitrogens with zero attached hydrogens (tertiary/aromatic N) is 2. The molecule has 174 valence electrons. The summed E-state index contributed by atoms with van der Waals surface area (Å²) in [6, 6.07) is 14.0. The molecule has 0 aromatic heterocycles. The summed E-state index contributed by atoms with van der Waals surface area (Å²) >= 11 is 0. The number of anilines is 1. The van der Waals surface area contributed by atoms with Crippen LogP contribution in [0, 0.1) is 25.7 Å². The molecule has 1 fully saturated rings. The summed E-state index contributed by atoms with van der Waals surface area (Å²) in [6.07, 6.45) is 4.44. The third-order valence-corrected chi connectivity index (χ3v) is 7.05. The molecule has 4 rings (SSSR count). The lowest BCUT2D eigenvalue weighted by atomic mass is 9.90. The van der Waals surface area contributed by atoms with E-state index in [0.29, 0.717) is 28.8 Å². The minimum atomic E-state index is -0.217. The van der Waals surface area contributed by atoms with Gasteiger partial charge in [-0.05, 0) is 79.3 Å². The molecule has 2 unspecified atom stereocenters. The zero-order chi connectivity index (χ0) is 23.7. The molecule has 2 amide bonds. The van der Waals surface area contributed by atoms with Gasteiger partial charge >= 0.3 is 0 Å². The van der Waals surface area contributed by atoms with Gasteiger partial charge in [-0.3, -0.25) is 9.59 Å². The number of hydrogen-bond donors (Lipinski definition) is 0. The van der Waals surface area contributed by atoms with E-state index in [0.717, 1.165) is 49.9 Å². The Labute approximate surface area is 198 Å². The molecule has 2 aliphatic heterocycles. The summed E-state index contributed by atoms with van der Waals surface area (Å²) in [4.78, 5) is 31.2. The molecular weight excluding hydrogens is 408 g/mol. The SMILES string of the molecule is CCCCc1ccc(N2C(=O)C(c3ccc(C)c(C)c3)=C(N3CC(C)CC(C)C3)C2=O)cc1. The maximum absolute atomic E-state index is 13.8. The predicted molar refractivity (Wildman–Crippen MR) is 135 cm³/mol. The minimum Gasteiger partial charge on any atom is -0.366 e. The molecule has 2 aromatic carbocycles. The Balaban J connectivity index is 1.76. The summed E-state index contributed by atoms with van der Waals surface area (Å²) in [7, 11) is 0. The lowest BCUT2D eigenvalue weighted by molar-refractivity contribution is -0.120. The fraction of sp³-hybridized carbons (Fsp3) is 0.448. The highest BCUT2D eigenvalue weighted by Gasteiger charge is 2.43. The summed E-state index contributed by atoms with van der Waals surface area (Å²) in [6.45, 7) is 12.4. The first-order valence-electron chi connectivity index (χ1n) is 12.3. The Morgan fingerprint density at radius 1 is 0.879 bits per heavy atom. The highest BCUT2D eigenvalue weighted by atomic mass is 16.2. The summed E-state index contributed by atoms with van der Waals surface area (Å²) in [5, 5.41) is 0. The zero-order valence-electron chi connectivity index (χ0n) is 20.6. The molecule has 4 heteroatoms. The van der Waals surface area contributed by atoms with Gasteiger partial charge in [-0.25, -0.2) is 4.90 Å². The van der Waals surface area contributed by atoms with E-state index >= 15 is 0 Å². The van der Waals surface area contributed by atoms with Crippen molar-refractivity contribution in [1.29, 1.82) is 0 Å². The van der Waals surface area contributed by atoms with Gasteiger partial charge in [0.1, 0.15) is 5.70 Å². The Hall–Kier alpha value is -2.88. The van der Waals surface area contributed by atoms with Crippen LogP contribution in [0.25, 0.3) is 5.57 Å². The minimum absolute atomic E-state index is 0.198. The first-order valence-corrected chi connectivity index (χ1v) is 12.3. The highest BCUT2D eigenvalue weighted by Crippen LogP contribution is 2.37. The number of unbranched alkanes of at least 4 members (excludes halogenated alkanes) is 1. The standard InChI is InChI=1S/C29H36N2O2/c1-6-7-8-23-10-13-25(14-11-23)31-28(32)26(24-12-9-21(4)22(5)16-24)27(29(31)33)30-17-19(2)15-20(3)18-30/h9-14,16,19-20H,6-8,15,17-18H2,1-5H3.